The Balaban J connectivity index is 2.09. The van der Waals surface area contributed by atoms with Crippen LogP contribution in [0.4, 0.5) is 0 Å². The normalized spacial score (nSPS) is 19.3. The molecule has 1 amide bonds. The number of unbranched alkanes of at least 4 members (excludes halogenated alkanes) is 47. The maximum atomic E-state index is 13.2. The van der Waals surface area contributed by atoms with Gasteiger partial charge < -0.3 is 45.4 Å². The number of carbonyl (C=O) groups excluding carboxylic acids is 1. The van der Waals surface area contributed by atoms with Crippen molar-refractivity contribution in [3.63, 3.8) is 0 Å². The smallest absolute Gasteiger partial charge is 0.249 e. The van der Waals surface area contributed by atoms with Crippen LogP contribution in [0.3, 0.4) is 0 Å². The molecule has 8 atom stereocenters. The van der Waals surface area contributed by atoms with E-state index in [2.05, 4.69) is 19.2 Å². The molecular weight excluding hydrogens is 927 g/mol. The standard InChI is InChI=1S/C64H127NO9/c1-3-5-7-9-11-13-15-17-19-20-21-22-23-24-25-26-27-28-29-30-31-32-33-34-35-36-37-39-41-43-45-47-49-51-53-58(68)63(72)65-56(55-73-64-62(71)61(70)60(69)59(54-66)74-64)57(67)52-50-48-46-44-42-40-38-18-16-14-12-10-8-6-4-2/h56-62,64,66-71H,3-55H2,1-2H3,(H,65,72). The third-order valence-corrected chi connectivity index (χ3v) is 16.3. The second-order valence-corrected chi connectivity index (χ2v) is 23.4. The Morgan fingerprint density at radius 2 is 0.676 bits per heavy atom. The summed E-state index contributed by atoms with van der Waals surface area (Å²) in [5.41, 5.74) is 0. The molecule has 0 aromatic heterocycles. The van der Waals surface area contributed by atoms with Gasteiger partial charge in [-0.15, -0.1) is 0 Å². The summed E-state index contributed by atoms with van der Waals surface area (Å²) < 4.78 is 11.3. The number of aliphatic hydroxyl groups excluding tert-OH is 6. The van der Waals surface area contributed by atoms with Crippen LogP contribution >= 0.6 is 0 Å². The molecule has 1 aliphatic heterocycles. The van der Waals surface area contributed by atoms with Gasteiger partial charge in [0, 0.05) is 0 Å². The second-order valence-electron chi connectivity index (χ2n) is 23.4. The summed E-state index contributed by atoms with van der Waals surface area (Å²) in [6.07, 6.45) is 56.3. The summed E-state index contributed by atoms with van der Waals surface area (Å²) in [5, 5.41) is 65.3. The van der Waals surface area contributed by atoms with Crippen molar-refractivity contribution in [2.24, 2.45) is 0 Å². The lowest BCUT2D eigenvalue weighted by Crippen LogP contribution is -2.60. The van der Waals surface area contributed by atoms with Crippen LogP contribution in [0.15, 0.2) is 0 Å². The van der Waals surface area contributed by atoms with Crippen LogP contribution < -0.4 is 5.32 Å². The summed E-state index contributed by atoms with van der Waals surface area (Å²) >= 11 is 0. The van der Waals surface area contributed by atoms with Gasteiger partial charge in [-0.3, -0.25) is 4.79 Å². The van der Waals surface area contributed by atoms with E-state index in [0.29, 0.717) is 12.8 Å². The number of amides is 1. The van der Waals surface area contributed by atoms with Gasteiger partial charge in [-0.1, -0.05) is 328 Å². The van der Waals surface area contributed by atoms with Crippen LogP contribution in [-0.2, 0) is 14.3 Å². The van der Waals surface area contributed by atoms with Crippen LogP contribution in [0.2, 0.25) is 0 Å². The Bertz CT molecular complexity index is 1150. The van der Waals surface area contributed by atoms with E-state index in [-0.39, 0.29) is 6.61 Å². The Morgan fingerprint density at radius 3 is 0.959 bits per heavy atom. The predicted molar refractivity (Wildman–Crippen MR) is 310 cm³/mol. The van der Waals surface area contributed by atoms with Crippen molar-refractivity contribution in [2.75, 3.05) is 13.2 Å². The lowest BCUT2D eigenvalue weighted by atomic mass is 9.99. The van der Waals surface area contributed by atoms with Gasteiger partial charge in [-0.2, -0.15) is 0 Å². The molecule has 10 heteroatoms. The molecule has 1 aliphatic rings. The number of nitrogens with one attached hydrogen (secondary N) is 1. The minimum absolute atomic E-state index is 0.249. The third kappa shape index (κ3) is 42.1. The topological polar surface area (TPSA) is 169 Å². The lowest BCUT2D eigenvalue weighted by molar-refractivity contribution is -0.302. The average Bonchev–Trinajstić information content (AvgIpc) is 3.40. The van der Waals surface area contributed by atoms with E-state index in [1.807, 2.05) is 0 Å². The van der Waals surface area contributed by atoms with Crippen molar-refractivity contribution in [2.45, 2.75) is 390 Å². The maximum absolute atomic E-state index is 13.2. The summed E-state index contributed by atoms with van der Waals surface area (Å²) in [4.78, 5) is 13.2. The van der Waals surface area contributed by atoms with Crippen molar-refractivity contribution in [3.8, 4) is 0 Å². The van der Waals surface area contributed by atoms with E-state index >= 15 is 0 Å². The Hall–Kier alpha value is -0.850. The number of hydrogen-bond donors (Lipinski definition) is 7. The Kier molecular flexibility index (Phi) is 52.0. The SMILES string of the molecule is CCCCCCCCCCCCCCCCCCCCCCCCCCCCCCCCCCCCC(O)C(=O)NC(COC1OC(CO)C(O)C(O)C1O)C(O)CCCCCCCCCCCCCCCCC. The molecule has 8 unspecified atom stereocenters. The van der Waals surface area contributed by atoms with Crippen molar-refractivity contribution < 1.29 is 44.9 Å². The average molecular weight is 1050 g/mol. The van der Waals surface area contributed by atoms with Crippen LogP contribution in [0.5, 0.6) is 0 Å². The predicted octanol–water partition coefficient (Wildman–Crippen LogP) is 15.9. The van der Waals surface area contributed by atoms with Gasteiger partial charge in [0.2, 0.25) is 5.91 Å². The van der Waals surface area contributed by atoms with Crippen LogP contribution in [-0.4, -0.2) is 98.7 Å². The van der Waals surface area contributed by atoms with Crippen molar-refractivity contribution >= 4 is 5.91 Å². The van der Waals surface area contributed by atoms with Gasteiger partial charge in [0.15, 0.2) is 6.29 Å². The molecule has 0 aromatic carbocycles. The van der Waals surface area contributed by atoms with Gasteiger partial charge in [-0.05, 0) is 12.8 Å². The first-order chi connectivity index (χ1) is 36.3. The van der Waals surface area contributed by atoms with Crippen molar-refractivity contribution in [1.82, 2.24) is 5.32 Å². The number of ether oxygens (including phenoxy) is 2. The molecule has 0 radical (unpaired) electrons. The van der Waals surface area contributed by atoms with E-state index in [1.165, 1.54) is 276 Å². The molecule has 442 valence electrons. The summed E-state index contributed by atoms with van der Waals surface area (Å²) in [6.45, 7) is 3.72. The van der Waals surface area contributed by atoms with E-state index in [1.54, 1.807) is 0 Å². The quantitative estimate of drug-likeness (QED) is 0.0293. The van der Waals surface area contributed by atoms with Crippen molar-refractivity contribution in [1.29, 1.82) is 0 Å². The first kappa shape index (κ1) is 71.2. The van der Waals surface area contributed by atoms with E-state index in [4.69, 9.17) is 9.47 Å². The molecule has 0 spiro atoms. The van der Waals surface area contributed by atoms with Crippen LogP contribution in [0, 0.1) is 0 Å². The molecule has 0 bridgehead atoms. The first-order valence-electron chi connectivity index (χ1n) is 32.8. The van der Waals surface area contributed by atoms with Gasteiger partial charge in [0.25, 0.3) is 0 Å². The fourth-order valence-electron chi connectivity index (χ4n) is 11.1. The molecule has 1 saturated heterocycles. The highest BCUT2D eigenvalue weighted by Crippen LogP contribution is 2.24. The first-order valence-corrected chi connectivity index (χ1v) is 32.8. The second kappa shape index (κ2) is 54.1. The fraction of sp³-hybridized carbons (Fsp3) is 0.984. The van der Waals surface area contributed by atoms with Gasteiger partial charge in [0.05, 0.1) is 25.4 Å². The highest BCUT2D eigenvalue weighted by molar-refractivity contribution is 5.80. The van der Waals surface area contributed by atoms with E-state index < -0.39 is 61.5 Å². The molecule has 74 heavy (non-hydrogen) atoms. The summed E-state index contributed by atoms with van der Waals surface area (Å²) in [5.74, 6) is -0.575. The van der Waals surface area contributed by atoms with E-state index in [9.17, 15) is 35.4 Å². The zero-order chi connectivity index (χ0) is 53.8. The molecular formula is C64H127NO9. The van der Waals surface area contributed by atoms with Gasteiger partial charge in [-0.25, -0.2) is 0 Å². The molecule has 1 rings (SSSR count). The molecule has 0 aromatic rings. The molecule has 1 fully saturated rings. The lowest BCUT2D eigenvalue weighted by Gasteiger charge is -2.40. The number of aliphatic hydroxyl groups is 6. The van der Waals surface area contributed by atoms with E-state index in [0.717, 1.165) is 38.5 Å². The number of hydrogen-bond acceptors (Lipinski definition) is 9. The van der Waals surface area contributed by atoms with Gasteiger partial charge >= 0.3 is 0 Å². The zero-order valence-electron chi connectivity index (χ0n) is 49.0. The summed E-state index contributed by atoms with van der Waals surface area (Å²) in [7, 11) is 0. The largest absolute Gasteiger partial charge is 0.394 e. The summed E-state index contributed by atoms with van der Waals surface area (Å²) in [6, 6.07) is -0.890. The third-order valence-electron chi connectivity index (χ3n) is 16.3. The molecule has 0 aliphatic carbocycles. The highest BCUT2D eigenvalue weighted by atomic mass is 16.7. The molecule has 0 saturated carbocycles. The minimum atomic E-state index is -1.59. The highest BCUT2D eigenvalue weighted by Gasteiger charge is 2.44. The Labute approximate surface area is 457 Å². The van der Waals surface area contributed by atoms with Gasteiger partial charge in [0.1, 0.15) is 30.5 Å². The minimum Gasteiger partial charge on any atom is -0.394 e. The molecule has 7 N–H and O–H groups in total. The molecule has 10 nitrogen and oxygen atoms in total. The fourth-order valence-corrected chi connectivity index (χ4v) is 11.1. The molecule has 1 heterocycles. The zero-order valence-corrected chi connectivity index (χ0v) is 49.0. The maximum Gasteiger partial charge on any atom is 0.249 e. The number of rotatable bonds is 58. The van der Waals surface area contributed by atoms with Crippen LogP contribution in [0.1, 0.15) is 341 Å². The number of carbonyl (C=O) groups is 1. The van der Waals surface area contributed by atoms with Crippen LogP contribution in [0.25, 0.3) is 0 Å². The monoisotopic (exact) mass is 1050 g/mol. The Morgan fingerprint density at radius 1 is 0.405 bits per heavy atom. The van der Waals surface area contributed by atoms with Crippen molar-refractivity contribution in [3.05, 3.63) is 0 Å².